The maximum absolute atomic E-state index is 12.0. The van der Waals surface area contributed by atoms with E-state index in [4.69, 9.17) is 0 Å². The number of halogens is 1. The van der Waals surface area contributed by atoms with Gasteiger partial charge in [-0.3, -0.25) is 9.59 Å². The maximum atomic E-state index is 12.0. The topological polar surface area (TPSA) is 76.0 Å². The molecule has 6 nitrogen and oxygen atoms in total. The average Bonchev–Trinajstić information content (AvgIpc) is 3.17. The van der Waals surface area contributed by atoms with Crippen molar-refractivity contribution in [1.29, 1.82) is 0 Å². The number of rotatable bonds is 7. The highest BCUT2D eigenvalue weighted by molar-refractivity contribution is 9.10. The Kier molecular flexibility index (Phi) is 6.67. The van der Waals surface area contributed by atoms with Crippen LogP contribution in [0.1, 0.15) is 0 Å². The molecule has 1 heterocycles. The van der Waals surface area contributed by atoms with E-state index < -0.39 is 0 Å². The van der Waals surface area contributed by atoms with Gasteiger partial charge >= 0.3 is 0 Å². The molecule has 0 aliphatic heterocycles. The molecule has 0 saturated heterocycles. The molecule has 2 N–H and O–H groups in total. The molecule has 0 aliphatic rings. The van der Waals surface area contributed by atoms with Crippen molar-refractivity contribution in [1.82, 2.24) is 9.55 Å². The molecule has 3 rings (SSSR count). The van der Waals surface area contributed by atoms with E-state index in [2.05, 4.69) is 31.5 Å². The standard InChI is InChI=1S/C19H17BrN4O2S/c20-14-2-1-3-16(10-14)23-19(26)12-27-11-18(25)22-15-4-6-17(7-5-15)24-9-8-21-13-24/h1-10,13H,11-12H2,(H,22,25)(H,23,26). The summed E-state index contributed by atoms with van der Waals surface area (Å²) in [7, 11) is 0. The summed E-state index contributed by atoms with van der Waals surface area (Å²) in [5, 5.41) is 5.62. The maximum Gasteiger partial charge on any atom is 0.234 e. The molecular weight excluding hydrogens is 428 g/mol. The monoisotopic (exact) mass is 444 g/mol. The van der Waals surface area contributed by atoms with Crippen LogP contribution in [0.15, 0.2) is 71.7 Å². The number of anilines is 2. The molecule has 8 heteroatoms. The lowest BCUT2D eigenvalue weighted by Gasteiger charge is -2.08. The Balaban J connectivity index is 1.41. The van der Waals surface area contributed by atoms with Gasteiger partial charge in [-0.2, -0.15) is 0 Å². The molecule has 1 aromatic heterocycles. The quantitative estimate of drug-likeness (QED) is 0.578. The second kappa shape index (κ2) is 9.38. The fourth-order valence-electron chi connectivity index (χ4n) is 2.33. The van der Waals surface area contributed by atoms with Crippen molar-refractivity contribution in [2.75, 3.05) is 22.1 Å². The van der Waals surface area contributed by atoms with Crippen molar-refractivity contribution in [2.24, 2.45) is 0 Å². The van der Waals surface area contributed by atoms with E-state index >= 15 is 0 Å². The van der Waals surface area contributed by atoms with Crippen LogP contribution in [0.2, 0.25) is 0 Å². The van der Waals surface area contributed by atoms with Gasteiger partial charge in [0.2, 0.25) is 11.8 Å². The van der Waals surface area contributed by atoms with Crippen LogP contribution in [0.4, 0.5) is 11.4 Å². The van der Waals surface area contributed by atoms with Crippen molar-refractivity contribution in [3.05, 3.63) is 71.7 Å². The fourth-order valence-corrected chi connectivity index (χ4v) is 3.34. The summed E-state index contributed by atoms with van der Waals surface area (Å²) >= 11 is 4.62. The van der Waals surface area contributed by atoms with Crippen molar-refractivity contribution >= 4 is 50.9 Å². The zero-order valence-electron chi connectivity index (χ0n) is 14.3. The van der Waals surface area contributed by atoms with Crippen molar-refractivity contribution in [2.45, 2.75) is 0 Å². The summed E-state index contributed by atoms with van der Waals surface area (Å²) in [6.07, 6.45) is 5.27. The molecule has 2 aromatic carbocycles. The lowest BCUT2D eigenvalue weighted by molar-refractivity contribution is -0.114. The summed E-state index contributed by atoms with van der Waals surface area (Å²) in [4.78, 5) is 28.0. The number of nitrogens with one attached hydrogen (secondary N) is 2. The molecule has 0 unspecified atom stereocenters. The van der Waals surface area contributed by atoms with Crippen LogP contribution in [0.5, 0.6) is 0 Å². The van der Waals surface area contributed by atoms with E-state index in [1.807, 2.05) is 59.3 Å². The molecule has 138 valence electrons. The summed E-state index contributed by atoms with van der Waals surface area (Å²) in [5.74, 6) is 0.121. The van der Waals surface area contributed by atoms with E-state index in [0.29, 0.717) is 5.69 Å². The fraction of sp³-hybridized carbons (Fsp3) is 0.105. The van der Waals surface area contributed by atoms with Gasteiger partial charge in [0.15, 0.2) is 0 Å². The molecule has 27 heavy (non-hydrogen) atoms. The van der Waals surface area contributed by atoms with Gasteiger partial charge in [0, 0.05) is 33.9 Å². The Labute approximate surface area is 169 Å². The van der Waals surface area contributed by atoms with E-state index in [-0.39, 0.29) is 23.3 Å². The van der Waals surface area contributed by atoms with E-state index in [9.17, 15) is 9.59 Å². The normalized spacial score (nSPS) is 10.4. The molecule has 0 aliphatic carbocycles. The van der Waals surface area contributed by atoms with Gasteiger partial charge in [-0.05, 0) is 42.5 Å². The van der Waals surface area contributed by atoms with Gasteiger partial charge in [-0.15, -0.1) is 11.8 Å². The highest BCUT2D eigenvalue weighted by Crippen LogP contribution is 2.16. The first kappa shape index (κ1) is 19.2. The number of thioether (sulfide) groups is 1. The van der Waals surface area contributed by atoms with E-state index in [1.54, 1.807) is 12.5 Å². The van der Waals surface area contributed by atoms with Gasteiger partial charge in [0.05, 0.1) is 17.8 Å². The average molecular weight is 445 g/mol. The van der Waals surface area contributed by atoms with Gasteiger partial charge < -0.3 is 15.2 Å². The highest BCUT2D eigenvalue weighted by atomic mass is 79.9. The molecular formula is C19H17BrN4O2S. The molecule has 0 atom stereocenters. The number of aromatic nitrogens is 2. The number of hydrogen-bond donors (Lipinski definition) is 2. The number of hydrogen-bond acceptors (Lipinski definition) is 4. The molecule has 0 bridgehead atoms. The minimum atomic E-state index is -0.148. The largest absolute Gasteiger partial charge is 0.325 e. The van der Waals surface area contributed by atoms with Gasteiger partial charge in [-0.1, -0.05) is 22.0 Å². The first-order valence-electron chi connectivity index (χ1n) is 8.11. The van der Waals surface area contributed by atoms with Crippen LogP contribution in [0, 0.1) is 0 Å². The van der Waals surface area contributed by atoms with Crippen LogP contribution >= 0.6 is 27.7 Å². The molecule has 2 amide bonds. The summed E-state index contributed by atoms with van der Waals surface area (Å²) < 4.78 is 2.78. The van der Waals surface area contributed by atoms with E-state index in [0.717, 1.165) is 15.8 Å². The number of amides is 2. The third kappa shape index (κ3) is 5.97. The third-order valence-electron chi connectivity index (χ3n) is 3.53. The molecule has 0 radical (unpaired) electrons. The van der Waals surface area contributed by atoms with Crippen molar-refractivity contribution in [3.8, 4) is 5.69 Å². The lowest BCUT2D eigenvalue weighted by Crippen LogP contribution is -2.18. The first-order chi connectivity index (χ1) is 13.1. The minimum Gasteiger partial charge on any atom is -0.325 e. The zero-order valence-corrected chi connectivity index (χ0v) is 16.7. The zero-order chi connectivity index (χ0) is 19.1. The van der Waals surface area contributed by atoms with Crippen molar-refractivity contribution in [3.63, 3.8) is 0 Å². The molecule has 0 fully saturated rings. The van der Waals surface area contributed by atoms with Crippen LogP contribution in [0.3, 0.4) is 0 Å². The summed E-state index contributed by atoms with van der Waals surface area (Å²) in [6.45, 7) is 0. The third-order valence-corrected chi connectivity index (χ3v) is 4.95. The van der Waals surface area contributed by atoms with Gasteiger partial charge in [0.1, 0.15) is 0 Å². The summed E-state index contributed by atoms with van der Waals surface area (Å²) in [5.41, 5.74) is 2.39. The highest BCUT2D eigenvalue weighted by Gasteiger charge is 2.07. The predicted octanol–water partition coefficient (Wildman–Crippen LogP) is 3.95. The Morgan fingerprint density at radius 2 is 1.70 bits per heavy atom. The second-order valence-electron chi connectivity index (χ2n) is 5.62. The molecule has 3 aromatic rings. The lowest BCUT2D eigenvalue weighted by atomic mass is 10.3. The minimum absolute atomic E-state index is 0.143. The number of carbonyl (C=O) groups excluding carboxylic acids is 2. The Morgan fingerprint density at radius 3 is 2.33 bits per heavy atom. The van der Waals surface area contributed by atoms with Crippen molar-refractivity contribution < 1.29 is 9.59 Å². The Hall–Kier alpha value is -2.58. The Morgan fingerprint density at radius 1 is 1.00 bits per heavy atom. The molecule has 0 spiro atoms. The smallest absolute Gasteiger partial charge is 0.234 e. The number of benzene rings is 2. The van der Waals surface area contributed by atoms with Crippen LogP contribution in [0.25, 0.3) is 5.69 Å². The van der Waals surface area contributed by atoms with Crippen LogP contribution in [-0.2, 0) is 9.59 Å². The number of carbonyl (C=O) groups is 2. The molecule has 0 saturated carbocycles. The Bertz CT molecular complexity index is 914. The predicted molar refractivity (Wildman–Crippen MR) is 112 cm³/mol. The van der Waals surface area contributed by atoms with Gasteiger partial charge in [-0.25, -0.2) is 4.98 Å². The van der Waals surface area contributed by atoms with Crippen LogP contribution < -0.4 is 10.6 Å². The second-order valence-corrected chi connectivity index (χ2v) is 7.52. The van der Waals surface area contributed by atoms with Gasteiger partial charge in [0.25, 0.3) is 0 Å². The summed E-state index contributed by atoms with van der Waals surface area (Å²) in [6, 6.07) is 14.8. The number of imidazole rings is 1. The first-order valence-corrected chi connectivity index (χ1v) is 10.1. The SMILES string of the molecule is O=C(CSCC(=O)Nc1cccc(Br)c1)Nc1ccc(-n2ccnc2)cc1. The van der Waals surface area contributed by atoms with E-state index in [1.165, 1.54) is 11.8 Å². The number of nitrogens with zero attached hydrogens (tertiary/aromatic N) is 2. The van der Waals surface area contributed by atoms with Crippen LogP contribution in [-0.4, -0.2) is 32.9 Å².